The summed E-state index contributed by atoms with van der Waals surface area (Å²) in [6.45, 7) is 1.66. The maximum atomic E-state index is 13.1. The van der Waals surface area contributed by atoms with Gasteiger partial charge in [-0.1, -0.05) is 24.3 Å². The largest absolute Gasteiger partial charge is 0.352 e. The smallest absolute Gasteiger partial charge is 0.264 e. The summed E-state index contributed by atoms with van der Waals surface area (Å²) < 4.78 is 29.7. The molecule has 1 aliphatic heterocycles. The molecule has 8 heteroatoms. The Morgan fingerprint density at radius 2 is 2.00 bits per heavy atom. The van der Waals surface area contributed by atoms with Gasteiger partial charge in [-0.3, -0.25) is 9.10 Å². The molecule has 7 nitrogen and oxygen atoms in total. The van der Waals surface area contributed by atoms with Gasteiger partial charge in [-0.25, -0.2) is 13.4 Å². The van der Waals surface area contributed by atoms with Crippen LogP contribution in [0.3, 0.4) is 0 Å². The van der Waals surface area contributed by atoms with Gasteiger partial charge in [0.1, 0.15) is 0 Å². The van der Waals surface area contributed by atoms with E-state index in [1.807, 2.05) is 35.0 Å². The molecule has 2 aromatic carbocycles. The first-order valence-electron chi connectivity index (χ1n) is 9.50. The van der Waals surface area contributed by atoms with Crippen molar-refractivity contribution in [1.82, 2.24) is 14.9 Å². The van der Waals surface area contributed by atoms with Crippen LogP contribution in [0.15, 0.2) is 72.1 Å². The summed E-state index contributed by atoms with van der Waals surface area (Å²) in [6.07, 6.45) is 6.75. The molecule has 0 bridgehead atoms. The predicted molar refractivity (Wildman–Crippen MR) is 110 cm³/mol. The topological polar surface area (TPSA) is 84.3 Å². The summed E-state index contributed by atoms with van der Waals surface area (Å²) in [5.41, 5.74) is 2.06. The van der Waals surface area contributed by atoms with Crippen LogP contribution in [0, 0.1) is 0 Å². The average molecular weight is 410 g/mol. The number of nitrogens with zero attached hydrogens (tertiary/aromatic N) is 3. The monoisotopic (exact) mass is 410 g/mol. The average Bonchev–Trinajstić information content (AvgIpc) is 3.41. The second-order valence-electron chi connectivity index (χ2n) is 6.89. The number of aryl methyl sites for hydroxylation is 1. The van der Waals surface area contributed by atoms with Crippen molar-refractivity contribution >= 4 is 21.6 Å². The Hall–Kier alpha value is -3.13. The van der Waals surface area contributed by atoms with Crippen LogP contribution in [-0.4, -0.2) is 37.0 Å². The number of carbonyl (C=O) groups is 1. The molecule has 4 rings (SSSR count). The van der Waals surface area contributed by atoms with Crippen LogP contribution >= 0.6 is 0 Å². The molecule has 0 atom stereocenters. The van der Waals surface area contributed by atoms with E-state index in [4.69, 9.17) is 0 Å². The van der Waals surface area contributed by atoms with Gasteiger partial charge in [-0.05, 0) is 42.7 Å². The number of anilines is 1. The number of sulfonamides is 1. The van der Waals surface area contributed by atoms with Crippen LogP contribution in [0.25, 0.3) is 0 Å². The van der Waals surface area contributed by atoms with E-state index >= 15 is 0 Å². The molecule has 0 saturated carbocycles. The number of fused-ring (bicyclic) bond motifs is 1. The van der Waals surface area contributed by atoms with E-state index in [0.29, 0.717) is 30.8 Å². The molecule has 0 saturated heterocycles. The highest BCUT2D eigenvalue weighted by Gasteiger charge is 2.30. The highest BCUT2D eigenvalue weighted by molar-refractivity contribution is 7.92. The van der Waals surface area contributed by atoms with Gasteiger partial charge in [0, 0.05) is 37.6 Å². The third-order valence-corrected chi connectivity index (χ3v) is 6.78. The summed E-state index contributed by atoms with van der Waals surface area (Å²) in [7, 11) is -3.72. The van der Waals surface area contributed by atoms with Crippen molar-refractivity contribution in [3.8, 4) is 0 Å². The molecular formula is C21H22N4O3S. The number of amides is 1. The van der Waals surface area contributed by atoms with E-state index in [0.717, 1.165) is 18.5 Å². The Morgan fingerprint density at radius 3 is 2.83 bits per heavy atom. The lowest BCUT2D eigenvalue weighted by Crippen LogP contribution is -2.30. The zero-order chi connectivity index (χ0) is 20.3. The molecular weight excluding hydrogens is 388 g/mol. The fraction of sp³-hybridized carbons (Fsp3) is 0.238. The molecule has 150 valence electrons. The molecule has 1 aromatic heterocycles. The molecule has 0 unspecified atom stereocenters. The Kier molecular flexibility index (Phi) is 5.35. The van der Waals surface area contributed by atoms with Crippen molar-refractivity contribution < 1.29 is 13.2 Å². The van der Waals surface area contributed by atoms with Crippen LogP contribution < -0.4 is 9.62 Å². The second-order valence-corrected chi connectivity index (χ2v) is 8.76. The summed E-state index contributed by atoms with van der Waals surface area (Å²) in [5, 5.41) is 2.84. The molecule has 3 aromatic rings. The second kappa shape index (κ2) is 8.08. The summed E-state index contributed by atoms with van der Waals surface area (Å²) in [4.78, 5) is 16.6. The van der Waals surface area contributed by atoms with Crippen molar-refractivity contribution in [2.24, 2.45) is 0 Å². The summed E-state index contributed by atoms with van der Waals surface area (Å²) in [6, 6.07) is 13.7. The van der Waals surface area contributed by atoms with E-state index in [1.54, 1.807) is 24.7 Å². The molecule has 1 N–H and O–H groups in total. The zero-order valence-corrected chi connectivity index (χ0v) is 16.7. The SMILES string of the molecule is O=C(NCCCn1ccnc1)c1cccc(S(=O)(=O)N2CCc3ccccc32)c1. The molecule has 0 fully saturated rings. The van der Waals surface area contributed by atoms with E-state index in [-0.39, 0.29) is 10.8 Å². The van der Waals surface area contributed by atoms with Gasteiger partial charge in [-0.2, -0.15) is 0 Å². The number of carbonyl (C=O) groups excluding carboxylic acids is 1. The number of benzene rings is 2. The van der Waals surface area contributed by atoms with E-state index in [2.05, 4.69) is 10.3 Å². The number of hydrogen-bond donors (Lipinski definition) is 1. The summed E-state index contributed by atoms with van der Waals surface area (Å²) in [5.74, 6) is -0.283. The van der Waals surface area contributed by atoms with Crippen molar-refractivity contribution in [2.45, 2.75) is 24.3 Å². The lowest BCUT2D eigenvalue weighted by Gasteiger charge is -2.20. The minimum Gasteiger partial charge on any atom is -0.352 e. The van der Waals surface area contributed by atoms with Gasteiger partial charge in [0.15, 0.2) is 0 Å². The van der Waals surface area contributed by atoms with E-state index in [1.165, 1.54) is 16.4 Å². The van der Waals surface area contributed by atoms with Crippen LogP contribution in [0.5, 0.6) is 0 Å². The predicted octanol–water partition coefficient (Wildman–Crippen LogP) is 2.45. The molecule has 0 spiro atoms. The van der Waals surface area contributed by atoms with E-state index in [9.17, 15) is 13.2 Å². The van der Waals surface area contributed by atoms with Gasteiger partial charge in [-0.15, -0.1) is 0 Å². The van der Waals surface area contributed by atoms with Gasteiger partial charge >= 0.3 is 0 Å². The summed E-state index contributed by atoms with van der Waals surface area (Å²) >= 11 is 0. The van der Waals surface area contributed by atoms with Crippen LogP contribution in [0.2, 0.25) is 0 Å². The first-order chi connectivity index (χ1) is 14.1. The molecule has 2 heterocycles. The highest BCUT2D eigenvalue weighted by atomic mass is 32.2. The van der Waals surface area contributed by atoms with Crippen molar-refractivity contribution in [3.05, 3.63) is 78.4 Å². The van der Waals surface area contributed by atoms with Crippen molar-refractivity contribution in [2.75, 3.05) is 17.4 Å². The number of hydrogen-bond acceptors (Lipinski definition) is 4. The van der Waals surface area contributed by atoms with Crippen LogP contribution in [0.1, 0.15) is 22.3 Å². The Labute approximate surface area is 170 Å². The maximum Gasteiger partial charge on any atom is 0.264 e. The number of rotatable bonds is 7. The number of nitrogens with one attached hydrogen (secondary N) is 1. The third kappa shape index (κ3) is 4.02. The number of aromatic nitrogens is 2. The van der Waals surface area contributed by atoms with Crippen molar-refractivity contribution in [3.63, 3.8) is 0 Å². The molecule has 0 radical (unpaired) electrons. The quantitative estimate of drug-likeness (QED) is 0.607. The molecule has 29 heavy (non-hydrogen) atoms. The normalized spacial score (nSPS) is 13.3. The molecule has 1 aliphatic rings. The van der Waals surface area contributed by atoms with E-state index < -0.39 is 10.0 Å². The lowest BCUT2D eigenvalue weighted by atomic mass is 10.2. The first-order valence-corrected chi connectivity index (χ1v) is 10.9. The van der Waals surface area contributed by atoms with Crippen LogP contribution in [0.4, 0.5) is 5.69 Å². The lowest BCUT2D eigenvalue weighted by molar-refractivity contribution is 0.0952. The first kappa shape index (κ1) is 19.2. The Balaban J connectivity index is 1.44. The molecule has 1 amide bonds. The minimum atomic E-state index is -3.72. The maximum absolute atomic E-state index is 13.1. The van der Waals surface area contributed by atoms with Crippen molar-refractivity contribution in [1.29, 1.82) is 0 Å². The third-order valence-electron chi connectivity index (χ3n) is 4.97. The van der Waals surface area contributed by atoms with Gasteiger partial charge < -0.3 is 9.88 Å². The fourth-order valence-corrected chi connectivity index (χ4v) is 5.02. The minimum absolute atomic E-state index is 0.125. The van der Waals surface area contributed by atoms with Gasteiger partial charge in [0.25, 0.3) is 15.9 Å². The Morgan fingerprint density at radius 1 is 1.14 bits per heavy atom. The number of imidazole rings is 1. The van der Waals surface area contributed by atoms with Gasteiger partial charge in [0.2, 0.25) is 0 Å². The highest BCUT2D eigenvalue weighted by Crippen LogP contribution is 2.32. The molecule has 0 aliphatic carbocycles. The fourth-order valence-electron chi connectivity index (χ4n) is 3.47. The van der Waals surface area contributed by atoms with Crippen LogP contribution in [-0.2, 0) is 23.0 Å². The Bertz CT molecular complexity index is 1110. The standard InChI is InChI=1S/C21H22N4O3S/c26-21(23-10-4-12-24-14-11-22-16-24)18-6-3-7-19(15-18)29(27,28)25-13-9-17-5-1-2-8-20(17)25/h1-3,5-8,11,14-16H,4,9-10,12-13H2,(H,23,26). The zero-order valence-electron chi connectivity index (χ0n) is 15.9. The number of para-hydroxylation sites is 1. The van der Waals surface area contributed by atoms with Gasteiger partial charge in [0.05, 0.1) is 16.9 Å².